The summed E-state index contributed by atoms with van der Waals surface area (Å²) in [6, 6.07) is 6.61. The molecule has 4 nitrogen and oxygen atoms in total. The van der Waals surface area contributed by atoms with Gasteiger partial charge >= 0.3 is 0 Å². The highest BCUT2D eigenvalue weighted by Crippen LogP contribution is 2.32. The molecule has 0 radical (unpaired) electrons. The number of hydrogen-bond acceptors (Lipinski definition) is 3. The molecule has 2 aliphatic rings. The molecular weight excluding hydrogens is 252 g/mol. The maximum atomic E-state index is 12.3. The van der Waals surface area contributed by atoms with Crippen LogP contribution in [0.25, 0.3) is 0 Å². The van der Waals surface area contributed by atoms with E-state index in [9.17, 15) is 4.79 Å². The van der Waals surface area contributed by atoms with Gasteiger partial charge in [0.25, 0.3) is 0 Å². The Kier molecular flexibility index (Phi) is 3.76. The lowest BCUT2D eigenvalue weighted by atomic mass is 10.1. The first kappa shape index (κ1) is 13.6. The molecule has 0 saturated carbocycles. The van der Waals surface area contributed by atoms with Crippen molar-refractivity contribution in [3.63, 3.8) is 0 Å². The maximum Gasteiger partial charge on any atom is 0.249 e. The van der Waals surface area contributed by atoms with Crippen molar-refractivity contribution in [1.29, 1.82) is 0 Å². The van der Waals surface area contributed by atoms with E-state index in [1.54, 1.807) is 0 Å². The second-order valence-corrected chi connectivity index (χ2v) is 5.86. The highest BCUT2D eigenvalue weighted by atomic mass is 16.5. The molecule has 1 aliphatic heterocycles. The smallest absolute Gasteiger partial charge is 0.249 e. The summed E-state index contributed by atoms with van der Waals surface area (Å²) in [5.74, 6) is 0.0133. The number of aryl methyl sites for hydroxylation is 2. The van der Waals surface area contributed by atoms with Crippen molar-refractivity contribution in [2.75, 3.05) is 6.54 Å². The summed E-state index contributed by atoms with van der Waals surface area (Å²) in [5.41, 5.74) is 9.48. The molecule has 108 valence electrons. The summed E-state index contributed by atoms with van der Waals surface area (Å²) in [6.45, 7) is 2.60. The van der Waals surface area contributed by atoms with E-state index in [0.29, 0.717) is 6.54 Å². The molecule has 1 aromatic carbocycles. The number of benzene rings is 1. The van der Waals surface area contributed by atoms with Crippen LogP contribution in [0, 0.1) is 6.92 Å². The zero-order valence-electron chi connectivity index (χ0n) is 11.9. The van der Waals surface area contributed by atoms with Crippen LogP contribution in [-0.2, 0) is 16.0 Å². The molecule has 4 heteroatoms. The maximum absolute atomic E-state index is 12.3. The molecule has 1 amide bonds. The number of nitrogens with two attached hydrogens (primary N) is 1. The van der Waals surface area contributed by atoms with Crippen molar-refractivity contribution < 1.29 is 9.53 Å². The lowest BCUT2D eigenvalue weighted by molar-refractivity contribution is -0.132. The topological polar surface area (TPSA) is 64.4 Å². The average Bonchev–Trinajstić information content (AvgIpc) is 3.05. The van der Waals surface area contributed by atoms with E-state index in [1.807, 2.05) is 0 Å². The zero-order chi connectivity index (χ0) is 14.1. The van der Waals surface area contributed by atoms with E-state index in [4.69, 9.17) is 10.5 Å². The number of rotatable bonds is 3. The lowest BCUT2D eigenvalue weighted by Gasteiger charge is -2.18. The van der Waals surface area contributed by atoms with Crippen LogP contribution in [0.3, 0.4) is 0 Å². The van der Waals surface area contributed by atoms with Crippen LogP contribution in [0.2, 0.25) is 0 Å². The van der Waals surface area contributed by atoms with E-state index in [0.717, 1.165) is 25.7 Å². The second-order valence-electron chi connectivity index (χ2n) is 5.86. The predicted molar refractivity (Wildman–Crippen MR) is 77.3 cm³/mol. The second kappa shape index (κ2) is 5.54. The standard InChI is InChI=1S/C16H22N2O2/c1-10-2-5-13-11(8-10)3-6-14(13)18-16(19)15-7-4-12(9-17)20-15/h2,5,8,12,14-15H,3-4,6-7,9,17H2,1H3,(H,18,19)/t12-,14?,15+/m1/s1. The van der Waals surface area contributed by atoms with Crippen molar-refractivity contribution in [1.82, 2.24) is 5.32 Å². The van der Waals surface area contributed by atoms with Crippen LogP contribution < -0.4 is 11.1 Å². The summed E-state index contributed by atoms with van der Waals surface area (Å²) in [4.78, 5) is 12.3. The van der Waals surface area contributed by atoms with Gasteiger partial charge in [0.2, 0.25) is 5.91 Å². The highest BCUT2D eigenvalue weighted by Gasteiger charge is 2.32. The Bertz CT molecular complexity index is 515. The monoisotopic (exact) mass is 274 g/mol. The number of amides is 1. The van der Waals surface area contributed by atoms with Gasteiger partial charge in [-0.3, -0.25) is 4.79 Å². The van der Waals surface area contributed by atoms with Crippen molar-refractivity contribution in [2.24, 2.45) is 5.73 Å². The molecule has 1 unspecified atom stereocenters. The number of nitrogens with one attached hydrogen (secondary N) is 1. The largest absolute Gasteiger partial charge is 0.364 e. The van der Waals surface area contributed by atoms with Gasteiger partial charge in [0, 0.05) is 6.54 Å². The highest BCUT2D eigenvalue weighted by molar-refractivity contribution is 5.81. The quantitative estimate of drug-likeness (QED) is 0.880. The molecule has 0 bridgehead atoms. The summed E-state index contributed by atoms with van der Waals surface area (Å²) in [6.07, 6.45) is 3.41. The number of carbonyl (C=O) groups is 1. The number of carbonyl (C=O) groups excluding carboxylic acids is 1. The number of ether oxygens (including phenoxy) is 1. The first-order valence-electron chi connectivity index (χ1n) is 7.42. The van der Waals surface area contributed by atoms with Gasteiger partial charge in [-0.05, 0) is 43.7 Å². The Morgan fingerprint density at radius 3 is 3.00 bits per heavy atom. The molecule has 1 heterocycles. The molecule has 3 rings (SSSR count). The predicted octanol–water partition coefficient (Wildman–Crippen LogP) is 1.60. The van der Waals surface area contributed by atoms with E-state index >= 15 is 0 Å². The van der Waals surface area contributed by atoms with Crippen LogP contribution in [0.5, 0.6) is 0 Å². The summed E-state index contributed by atoms with van der Waals surface area (Å²) in [7, 11) is 0. The fraction of sp³-hybridized carbons (Fsp3) is 0.562. The molecule has 1 aromatic rings. The first-order valence-corrected chi connectivity index (χ1v) is 7.42. The minimum absolute atomic E-state index is 0.0133. The Morgan fingerprint density at radius 2 is 2.25 bits per heavy atom. The van der Waals surface area contributed by atoms with Crippen LogP contribution in [0.1, 0.15) is 42.0 Å². The van der Waals surface area contributed by atoms with Crippen LogP contribution >= 0.6 is 0 Å². The summed E-state index contributed by atoms with van der Waals surface area (Å²) >= 11 is 0. The van der Waals surface area contributed by atoms with E-state index in [2.05, 4.69) is 30.4 Å². The van der Waals surface area contributed by atoms with Crippen molar-refractivity contribution in [3.8, 4) is 0 Å². The molecular formula is C16H22N2O2. The van der Waals surface area contributed by atoms with Crippen molar-refractivity contribution in [2.45, 2.75) is 50.9 Å². The van der Waals surface area contributed by atoms with Gasteiger partial charge in [-0.1, -0.05) is 23.8 Å². The number of hydrogen-bond donors (Lipinski definition) is 2. The molecule has 1 saturated heterocycles. The molecule has 3 atom stereocenters. The third kappa shape index (κ3) is 2.58. The Hall–Kier alpha value is -1.39. The van der Waals surface area contributed by atoms with Gasteiger partial charge in [-0.2, -0.15) is 0 Å². The zero-order valence-corrected chi connectivity index (χ0v) is 11.9. The molecule has 0 aromatic heterocycles. The Morgan fingerprint density at radius 1 is 1.40 bits per heavy atom. The third-order valence-corrected chi connectivity index (χ3v) is 4.36. The lowest BCUT2D eigenvalue weighted by Crippen LogP contribution is -2.37. The van der Waals surface area contributed by atoms with Gasteiger partial charge in [-0.25, -0.2) is 0 Å². The van der Waals surface area contributed by atoms with Gasteiger partial charge in [0.15, 0.2) is 0 Å². The fourth-order valence-electron chi connectivity index (χ4n) is 3.23. The molecule has 20 heavy (non-hydrogen) atoms. The summed E-state index contributed by atoms with van der Waals surface area (Å²) < 4.78 is 5.65. The van der Waals surface area contributed by atoms with Crippen LogP contribution in [0.4, 0.5) is 0 Å². The fourth-order valence-corrected chi connectivity index (χ4v) is 3.23. The van der Waals surface area contributed by atoms with Gasteiger partial charge in [0.05, 0.1) is 12.1 Å². The van der Waals surface area contributed by atoms with Gasteiger partial charge in [0.1, 0.15) is 6.10 Å². The van der Waals surface area contributed by atoms with Crippen molar-refractivity contribution in [3.05, 3.63) is 34.9 Å². The Balaban J connectivity index is 1.64. The minimum atomic E-state index is -0.321. The van der Waals surface area contributed by atoms with Gasteiger partial charge in [-0.15, -0.1) is 0 Å². The van der Waals surface area contributed by atoms with Gasteiger partial charge < -0.3 is 15.8 Å². The normalized spacial score (nSPS) is 28.4. The third-order valence-electron chi connectivity index (χ3n) is 4.36. The van der Waals surface area contributed by atoms with E-state index in [-0.39, 0.29) is 24.2 Å². The Labute approximate surface area is 119 Å². The molecule has 1 fully saturated rings. The number of fused-ring (bicyclic) bond motifs is 1. The van der Waals surface area contributed by atoms with Crippen molar-refractivity contribution >= 4 is 5.91 Å². The average molecular weight is 274 g/mol. The molecule has 1 aliphatic carbocycles. The first-order chi connectivity index (χ1) is 9.67. The minimum Gasteiger partial charge on any atom is -0.364 e. The molecule has 3 N–H and O–H groups in total. The van der Waals surface area contributed by atoms with Crippen LogP contribution in [0.15, 0.2) is 18.2 Å². The SMILES string of the molecule is Cc1ccc2c(c1)CCC2NC(=O)[C@@H]1CC[C@H](CN)O1. The van der Waals surface area contributed by atoms with E-state index < -0.39 is 0 Å². The van der Waals surface area contributed by atoms with E-state index in [1.165, 1.54) is 16.7 Å². The van der Waals surface area contributed by atoms with Crippen LogP contribution in [-0.4, -0.2) is 24.7 Å². The summed E-state index contributed by atoms with van der Waals surface area (Å²) in [5, 5.41) is 3.14. The molecule has 0 spiro atoms.